The summed E-state index contributed by atoms with van der Waals surface area (Å²) >= 11 is 1.68. The molecule has 0 saturated carbocycles. The minimum Gasteiger partial charge on any atom is -0.345 e. The van der Waals surface area contributed by atoms with E-state index in [0.717, 1.165) is 15.5 Å². The maximum absolute atomic E-state index is 12.8. The van der Waals surface area contributed by atoms with Crippen molar-refractivity contribution in [2.24, 2.45) is 0 Å². The minimum absolute atomic E-state index is 0.203. The number of fused-ring (bicyclic) bond motifs is 2. The summed E-state index contributed by atoms with van der Waals surface area (Å²) in [6.07, 6.45) is 0. The van der Waals surface area contributed by atoms with E-state index in [1.807, 2.05) is 0 Å². The van der Waals surface area contributed by atoms with Crippen LogP contribution in [0.4, 0.5) is 5.13 Å². The summed E-state index contributed by atoms with van der Waals surface area (Å²) in [7, 11) is 0. The summed E-state index contributed by atoms with van der Waals surface area (Å²) in [5, 5.41) is 0.973. The highest BCUT2D eigenvalue weighted by atomic mass is 32.1. The van der Waals surface area contributed by atoms with E-state index in [0.29, 0.717) is 43.2 Å². The quantitative estimate of drug-likeness (QED) is 0.572. The molecule has 5 rings (SSSR count). The van der Waals surface area contributed by atoms with Crippen molar-refractivity contribution in [3.8, 4) is 0 Å². The molecule has 2 aliphatic rings. The van der Waals surface area contributed by atoms with E-state index in [1.165, 1.54) is 10.3 Å². The van der Waals surface area contributed by atoms with Gasteiger partial charge in [0.15, 0.2) is 5.13 Å². The molecule has 0 unspecified atom stereocenters. The summed E-state index contributed by atoms with van der Waals surface area (Å²) in [6, 6.07) is 13.0. The molecular weight excluding hydrogens is 424 g/mol. The molecule has 3 aromatic rings. The second kappa shape index (κ2) is 8.02. The summed E-state index contributed by atoms with van der Waals surface area (Å²) in [5.74, 6) is -0.586. The summed E-state index contributed by atoms with van der Waals surface area (Å²) < 4.78 is 1.18. The maximum atomic E-state index is 12.8. The van der Waals surface area contributed by atoms with Gasteiger partial charge in [-0.3, -0.25) is 19.3 Å². The van der Waals surface area contributed by atoms with E-state index in [1.54, 1.807) is 40.5 Å². The molecule has 0 radical (unpaired) electrons. The number of amides is 3. The maximum Gasteiger partial charge on any atom is 0.262 e. The van der Waals surface area contributed by atoms with Gasteiger partial charge in [0, 0.05) is 26.2 Å². The minimum atomic E-state index is -0.395. The third-order valence-electron chi connectivity index (χ3n) is 6.14. The molecule has 0 spiro atoms. The van der Waals surface area contributed by atoms with Crippen molar-refractivity contribution in [1.82, 2.24) is 14.8 Å². The zero-order chi connectivity index (χ0) is 22.4. The lowest BCUT2D eigenvalue weighted by atomic mass is 10.0. The Kier molecular flexibility index (Phi) is 5.17. The number of carbonyl (C=O) groups is 3. The number of benzene rings is 2. The average molecular weight is 449 g/mol. The number of hydrogen-bond acceptors (Lipinski definition) is 6. The number of hydrogen-bond donors (Lipinski definition) is 0. The van der Waals surface area contributed by atoms with E-state index in [9.17, 15) is 14.4 Å². The molecule has 7 nitrogen and oxygen atoms in total. The number of anilines is 1. The molecule has 164 valence electrons. The molecule has 2 aromatic carbocycles. The highest BCUT2D eigenvalue weighted by Gasteiger charge is 2.37. The second-order valence-corrected chi connectivity index (χ2v) is 9.46. The lowest BCUT2D eigenvalue weighted by molar-refractivity contribution is -0.131. The summed E-state index contributed by atoms with van der Waals surface area (Å²) in [6.45, 7) is 6.55. The van der Waals surface area contributed by atoms with Gasteiger partial charge in [0.2, 0.25) is 5.91 Å². The van der Waals surface area contributed by atoms with E-state index in [2.05, 4.69) is 36.9 Å². The molecule has 0 bridgehead atoms. The van der Waals surface area contributed by atoms with Crippen molar-refractivity contribution in [2.75, 3.05) is 37.6 Å². The number of piperazine rings is 1. The molecule has 0 N–H and O–H groups in total. The Morgan fingerprint density at radius 3 is 2.25 bits per heavy atom. The third-order valence-corrected chi connectivity index (χ3v) is 7.22. The van der Waals surface area contributed by atoms with Crippen LogP contribution in [0.5, 0.6) is 0 Å². The molecule has 3 heterocycles. The Morgan fingerprint density at radius 2 is 1.62 bits per heavy atom. The first kappa shape index (κ1) is 20.6. The standard InChI is InChI=1S/C24H24N4O3S/c1-15(2)16-8-5-9-19-21(16)25-24(32-19)27-12-10-26(11-13-27)20(29)14-28-22(30)17-6-3-4-7-18(17)23(28)31/h3-9,15H,10-14H2,1-2H3. The van der Waals surface area contributed by atoms with Crippen LogP contribution in [-0.4, -0.2) is 65.2 Å². The largest absolute Gasteiger partial charge is 0.345 e. The van der Waals surface area contributed by atoms with Crippen LogP contribution >= 0.6 is 11.3 Å². The van der Waals surface area contributed by atoms with Gasteiger partial charge in [0.05, 0.1) is 21.3 Å². The first-order valence-electron chi connectivity index (χ1n) is 10.8. The number of rotatable bonds is 4. The smallest absolute Gasteiger partial charge is 0.262 e. The van der Waals surface area contributed by atoms with Crippen molar-refractivity contribution < 1.29 is 14.4 Å². The average Bonchev–Trinajstić information content (AvgIpc) is 3.34. The van der Waals surface area contributed by atoms with Crippen molar-refractivity contribution in [3.63, 3.8) is 0 Å². The molecular formula is C24H24N4O3S. The molecule has 0 aliphatic carbocycles. The normalized spacial score (nSPS) is 16.4. The monoisotopic (exact) mass is 448 g/mol. The first-order valence-corrected chi connectivity index (χ1v) is 11.6. The molecule has 1 saturated heterocycles. The van der Waals surface area contributed by atoms with Crippen LogP contribution < -0.4 is 4.90 Å². The van der Waals surface area contributed by atoms with Gasteiger partial charge in [0.25, 0.3) is 11.8 Å². The van der Waals surface area contributed by atoms with Crippen LogP contribution in [0.2, 0.25) is 0 Å². The van der Waals surface area contributed by atoms with Crippen molar-refractivity contribution in [1.29, 1.82) is 0 Å². The summed E-state index contributed by atoms with van der Waals surface area (Å²) in [4.78, 5) is 47.8. The molecule has 32 heavy (non-hydrogen) atoms. The molecule has 1 fully saturated rings. The Hall–Kier alpha value is -3.26. The van der Waals surface area contributed by atoms with E-state index < -0.39 is 11.8 Å². The van der Waals surface area contributed by atoms with Gasteiger partial charge in [-0.1, -0.05) is 49.4 Å². The van der Waals surface area contributed by atoms with Gasteiger partial charge < -0.3 is 9.80 Å². The first-order chi connectivity index (χ1) is 15.4. The van der Waals surface area contributed by atoms with E-state index in [4.69, 9.17) is 4.98 Å². The Bertz CT molecular complexity index is 1190. The molecule has 2 aliphatic heterocycles. The number of nitrogens with zero attached hydrogens (tertiary/aromatic N) is 4. The van der Waals surface area contributed by atoms with Gasteiger partial charge >= 0.3 is 0 Å². The SMILES string of the molecule is CC(C)c1cccc2sc(N3CCN(C(=O)CN4C(=O)c5ccccc5C4=O)CC3)nc12. The number of thiazole rings is 1. The van der Waals surface area contributed by atoms with Crippen LogP contribution in [0, 0.1) is 0 Å². The van der Waals surface area contributed by atoms with Crippen LogP contribution in [-0.2, 0) is 4.79 Å². The van der Waals surface area contributed by atoms with Gasteiger partial charge in [-0.25, -0.2) is 4.98 Å². The lowest BCUT2D eigenvalue weighted by Crippen LogP contribution is -2.51. The van der Waals surface area contributed by atoms with Crippen LogP contribution in [0.1, 0.15) is 46.0 Å². The van der Waals surface area contributed by atoms with Crippen molar-refractivity contribution in [2.45, 2.75) is 19.8 Å². The van der Waals surface area contributed by atoms with E-state index >= 15 is 0 Å². The van der Waals surface area contributed by atoms with Gasteiger partial charge in [-0.2, -0.15) is 0 Å². The molecule has 8 heteroatoms. The number of carbonyl (C=O) groups excluding carboxylic acids is 3. The molecule has 0 atom stereocenters. The van der Waals surface area contributed by atoms with Crippen molar-refractivity contribution >= 4 is 44.4 Å². The fourth-order valence-corrected chi connectivity index (χ4v) is 5.38. The number of aromatic nitrogens is 1. The van der Waals surface area contributed by atoms with Crippen molar-refractivity contribution in [3.05, 3.63) is 59.2 Å². The van der Waals surface area contributed by atoms with Crippen LogP contribution in [0.25, 0.3) is 10.2 Å². The number of imide groups is 1. The fourth-order valence-electron chi connectivity index (χ4n) is 4.32. The predicted octanol–water partition coefficient (Wildman–Crippen LogP) is 3.36. The highest BCUT2D eigenvalue weighted by Crippen LogP contribution is 2.33. The van der Waals surface area contributed by atoms with E-state index in [-0.39, 0.29) is 12.5 Å². The molecule has 1 aromatic heterocycles. The van der Waals surface area contributed by atoms with Gasteiger partial charge in [-0.15, -0.1) is 0 Å². The lowest BCUT2D eigenvalue weighted by Gasteiger charge is -2.35. The Balaban J connectivity index is 1.24. The highest BCUT2D eigenvalue weighted by molar-refractivity contribution is 7.22. The fraction of sp³-hybridized carbons (Fsp3) is 0.333. The topological polar surface area (TPSA) is 73.8 Å². The number of para-hydroxylation sites is 1. The molecule has 3 amide bonds. The zero-order valence-corrected chi connectivity index (χ0v) is 18.9. The Morgan fingerprint density at radius 1 is 0.969 bits per heavy atom. The van der Waals surface area contributed by atoms with Gasteiger partial charge in [-0.05, 0) is 29.7 Å². The third kappa shape index (κ3) is 3.44. The van der Waals surface area contributed by atoms with Crippen LogP contribution in [0.3, 0.4) is 0 Å². The van der Waals surface area contributed by atoms with Gasteiger partial charge in [0.1, 0.15) is 6.54 Å². The zero-order valence-electron chi connectivity index (χ0n) is 18.1. The van der Waals surface area contributed by atoms with Crippen LogP contribution in [0.15, 0.2) is 42.5 Å². The second-order valence-electron chi connectivity index (χ2n) is 8.45. The predicted molar refractivity (Wildman–Crippen MR) is 124 cm³/mol. The Labute approximate surface area is 190 Å². The summed E-state index contributed by atoms with van der Waals surface area (Å²) in [5.41, 5.74) is 3.05.